The van der Waals surface area contributed by atoms with Crippen molar-refractivity contribution >= 4 is 25.7 Å². The molecule has 15 nitrogen and oxygen atoms in total. The first-order chi connectivity index (χ1) is 19.4. The maximum Gasteiger partial charge on any atom is 0.469 e. The van der Waals surface area contributed by atoms with Crippen LogP contribution < -0.4 is 20.8 Å². The highest BCUT2D eigenvalue weighted by Gasteiger charge is 2.43. The number of amides is 3. The van der Waals surface area contributed by atoms with Gasteiger partial charge >= 0.3 is 13.9 Å². The Kier molecular flexibility index (Phi) is 9.04. The summed E-state index contributed by atoms with van der Waals surface area (Å²) in [5, 5.41) is 4.50. The van der Waals surface area contributed by atoms with Crippen LogP contribution in [-0.4, -0.2) is 76.0 Å². The molecule has 222 valence electrons. The van der Waals surface area contributed by atoms with Gasteiger partial charge in [0.25, 0.3) is 11.8 Å². The summed E-state index contributed by atoms with van der Waals surface area (Å²) < 4.78 is 59.1. The van der Waals surface area contributed by atoms with Gasteiger partial charge in [0.15, 0.2) is 11.9 Å². The number of nitrogens with one attached hydrogen (secondary N) is 2. The lowest BCUT2D eigenvalue weighted by molar-refractivity contribution is 0.00496. The Morgan fingerprint density at radius 3 is 2.68 bits per heavy atom. The Balaban J connectivity index is 1.53. The van der Waals surface area contributed by atoms with Crippen molar-refractivity contribution in [2.24, 2.45) is 0 Å². The summed E-state index contributed by atoms with van der Waals surface area (Å²) in [6, 6.07) is 2.45. The van der Waals surface area contributed by atoms with Crippen LogP contribution in [0.1, 0.15) is 33.3 Å². The first kappa shape index (κ1) is 30.1. The third-order valence-corrected chi connectivity index (χ3v) is 6.59. The second-order valence-corrected chi connectivity index (χ2v) is 10.2. The number of ether oxygens (including phenoxy) is 3. The lowest BCUT2D eigenvalue weighted by Crippen LogP contribution is -2.49. The highest BCUT2D eigenvalue weighted by molar-refractivity contribution is 7.46. The summed E-state index contributed by atoms with van der Waals surface area (Å²) in [6.07, 6.45) is -0.643. The Labute approximate surface area is 230 Å². The molecule has 1 saturated heterocycles. The molecule has 1 aromatic carbocycles. The Hall–Kier alpha value is -3.89. The Bertz CT molecular complexity index is 1460. The van der Waals surface area contributed by atoms with Gasteiger partial charge in [-0.1, -0.05) is 6.07 Å². The number of phosphoric ester groups is 1. The van der Waals surface area contributed by atoms with E-state index in [4.69, 9.17) is 24.0 Å². The molecule has 4 rings (SSSR count). The quantitative estimate of drug-likeness (QED) is 0.167. The molecule has 1 aromatic heterocycles. The maximum absolute atomic E-state index is 14.0. The van der Waals surface area contributed by atoms with E-state index in [2.05, 4.69) is 15.2 Å². The van der Waals surface area contributed by atoms with Crippen molar-refractivity contribution in [1.82, 2.24) is 20.1 Å². The Morgan fingerprint density at radius 2 is 1.98 bits per heavy atom. The van der Waals surface area contributed by atoms with Gasteiger partial charge in [0.05, 0.1) is 25.8 Å². The molecule has 2 aliphatic heterocycles. The largest absolute Gasteiger partial charge is 0.469 e. The standard InChI is InChI=1S/C23H25F2N4O11P/c1-12-10-37-17-9-28-8-15(21(31)27-7-13-2-3-14(24)6-16(13)25)19(30)20(18(28)22(32)29(12)17)38-11-39-23(33)26-4-5-40-41(34,35)36/h2-3,6,8,12,17H,4-5,7,9-11H2,1H3,(H,26,33)(H,27,31)(H2,34,35,36)/t12-,17+/m0/s1. The smallest absolute Gasteiger partial charge is 0.451 e. The van der Waals surface area contributed by atoms with Gasteiger partial charge in [0.1, 0.15) is 17.2 Å². The molecule has 4 N–H and O–H groups in total. The molecular formula is C23H25F2N4O11P. The van der Waals surface area contributed by atoms with E-state index >= 15 is 0 Å². The topological polar surface area (TPSA) is 195 Å². The molecule has 0 saturated carbocycles. The molecule has 3 amide bonds. The highest BCUT2D eigenvalue weighted by atomic mass is 31.2. The average molecular weight is 602 g/mol. The van der Waals surface area contributed by atoms with Crippen molar-refractivity contribution in [2.45, 2.75) is 32.3 Å². The summed E-state index contributed by atoms with van der Waals surface area (Å²) in [6.45, 7) is -0.118. The molecule has 1 fully saturated rings. The number of rotatable bonds is 10. The number of fused-ring (bicyclic) bond motifs is 2. The first-order valence-corrected chi connectivity index (χ1v) is 13.6. The van der Waals surface area contributed by atoms with E-state index in [-0.39, 0.29) is 43.5 Å². The lowest BCUT2D eigenvalue weighted by Gasteiger charge is -2.34. The van der Waals surface area contributed by atoms with Crippen molar-refractivity contribution in [1.29, 1.82) is 0 Å². The minimum atomic E-state index is -4.73. The highest BCUT2D eigenvalue weighted by Crippen LogP contribution is 2.35. The van der Waals surface area contributed by atoms with Crippen molar-refractivity contribution in [3.05, 3.63) is 63.1 Å². The fourth-order valence-corrected chi connectivity index (χ4v) is 4.53. The number of phosphoric acid groups is 1. The van der Waals surface area contributed by atoms with Crippen LogP contribution in [0.15, 0.2) is 29.2 Å². The van der Waals surface area contributed by atoms with E-state index in [9.17, 15) is 32.5 Å². The van der Waals surface area contributed by atoms with E-state index in [0.29, 0.717) is 6.07 Å². The van der Waals surface area contributed by atoms with Crippen molar-refractivity contribution < 1.29 is 56.3 Å². The van der Waals surface area contributed by atoms with Crippen molar-refractivity contribution in [3.63, 3.8) is 0 Å². The van der Waals surface area contributed by atoms with Gasteiger partial charge in [-0.05, 0) is 13.0 Å². The van der Waals surface area contributed by atoms with Gasteiger partial charge in [-0.25, -0.2) is 18.1 Å². The number of carbonyl (C=O) groups is 3. The van der Waals surface area contributed by atoms with Crippen LogP contribution in [0.3, 0.4) is 0 Å². The van der Waals surface area contributed by atoms with E-state index in [1.165, 1.54) is 9.47 Å². The SMILES string of the molecule is C[C@H]1CO[C@@H]2Cn3cc(C(=O)NCc4ccc(F)cc4F)c(=O)c(OCOC(=O)NCCOP(=O)(O)O)c3C(=O)N12. The minimum Gasteiger partial charge on any atom is -0.451 e. The van der Waals surface area contributed by atoms with Crippen LogP contribution in [0.4, 0.5) is 13.6 Å². The average Bonchev–Trinajstić information content (AvgIpc) is 3.27. The van der Waals surface area contributed by atoms with Crippen LogP contribution in [0.2, 0.25) is 0 Å². The number of benzene rings is 1. The minimum absolute atomic E-state index is 0.0375. The van der Waals surface area contributed by atoms with Gasteiger partial charge in [-0.15, -0.1) is 0 Å². The third kappa shape index (κ3) is 7.07. The normalized spacial score (nSPS) is 18.0. The van der Waals surface area contributed by atoms with Crippen LogP contribution in [-0.2, 0) is 31.7 Å². The molecule has 0 spiro atoms. The van der Waals surface area contributed by atoms with Gasteiger partial charge in [0.2, 0.25) is 18.0 Å². The number of hydrogen-bond acceptors (Lipinski definition) is 9. The lowest BCUT2D eigenvalue weighted by atomic mass is 10.1. The van der Waals surface area contributed by atoms with Crippen molar-refractivity contribution in [3.8, 4) is 5.75 Å². The maximum atomic E-state index is 14.0. The van der Waals surface area contributed by atoms with E-state index in [1.807, 2.05) is 0 Å². The van der Waals surface area contributed by atoms with Crippen LogP contribution in [0.25, 0.3) is 0 Å². The molecule has 0 radical (unpaired) electrons. The summed E-state index contributed by atoms with van der Waals surface area (Å²) >= 11 is 0. The van der Waals surface area contributed by atoms with Gasteiger partial charge in [-0.3, -0.25) is 18.9 Å². The van der Waals surface area contributed by atoms with Crippen LogP contribution in [0.5, 0.6) is 5.75 Å². The summed E-state index contributed by atoms with van der Waals surface area (Å²) in [7, 11) is -4.73. The van der Waals surface area contributed by atoms with Crippen molar-refractivity contribution in [2.75, 3.05) is 26.6 Å². The number of halogens is 2. The number of carbonyl (C=O) groups excluding carboxylic acids is 3. The molecular weight excluding hydrogens is 577 g/mol. The van der Waals surface area contributed by atoms with Crippen LogP contribution in [0, 0.1) is 11.6 Å². The second-order valence-electron chi connectivity index (χ2n) is 8.91. The van der Waals surface area contributed by atoms with Gasteiger partial charge in [-0.2, -0.15) is 0 Å². The second kappa shape index (κ2) is 12.3. The zero-order valence-electron chi connectivity index (χ0n) is 21.4. The fraction of sp³-hybridized carbons (Fsp3) is 0.391. The number of hydrogen-bond donors (Lipinski definition) is 4. The molecule has 2 aromatic rings. The summed E-state index contributed by atoms with van der Waals surface area (Å²) in [5.74, 6) is -3.88. The molecule has 0 unspecified atom stereocenters. The number of nitrogens with zero attached hydrogens (tertiary/aromatic N) is 2. The summed E-state index contributed by atoms with van der Waals surface area (Å²) in [5.41, 5.74) is -1.76. The molecule has 2 atom stereocenters. The van der Waals surface area contributed by atoms with E-state index < -0.39 is 73.7 Å². The summed E-state index contributed by atoms with van der Waals surface area (Å²) in [4.78, 5) is 70.2. The fourth-order valence-electron chi connectivity index (χ4n) is 4.20. The predicted octanol–water partition coefficient (Wildman–Crippen LogP) is 0.429. The van der Waals surface area contributed by atoms with E-state index in [0.717, 1.165) is 18.3 Å². The molecule has 2 aliphatic rings. The zero-order valence-corrected chi connectivity index (χ0v) is 22.3. The monoisotopic (exact) mass is 602 g/mol. The predicted molar refractivity (Wildman–Crippen MR) is 132 cm³/mol. The van der Waals surface area contributed by atoms with Gasteiger partial charge < -0.3 is 44.1 Å². The van der Waals surface area contributed by atoms with E-state index in [1.54, 1.807) is 6.92 Å². The molecule has 41 heavy (non-hydrogen) atoms. The van der Waals surface area contributed by atoms with Crippen LogP contribution >= 0.6 is 7.82 Å². The number of aromatic nitrogens is 1. The molecule has 18 heteroatoms. The zero-order chi connectivity index (χ0) is 29.9. The Morgan fingerprint density at radius 1 is 1.22 bits per heavy atom. The number of alkyl carbamates (subject to hydrolysis) is 1. The number of pyridine rings is 1. The third-order valence-electron chi connectivity index (χ3n) is 6.07. The first-order valence-electron chi connectivity index (χ1n) is 12.0. The van der Waals surface area contributed by atoms with Gasteiger partial charge in [0, 0.05) is 30.9 Å². The molecule has 3 heterocycles. The molecule has 0 bridgehead atoms. The molecule has 0 aliphatic carbocycles.